The number of hydrogen-bond donors (Lipinski definition) is 2. The van der Waals surface area contributed by atoms with Gasteiger partial charge in [-0.15, -0.1) is 0 Å². The Kier molecular flexibility index (Phi) is 7.79. The molecule has 1 aromatic carbocycles. The van der Waals surface area contributed by atoms with Crippen LogP contribution in [0.4, 0.5) is 14.5 Å². The molecule has 1 heterocycles. The first kappa shape index (κ1) is 19.6. The molecule has 140 valence electrons. The summed E-state index contributed by atoms with van der Waals surface area (Å²) in [6, 6.07) is 3.61. The van der Waals surface area contributed by atoms with Gasteiger partial charge in [-0.2, -0.15) is 0 Å². The first-order chi connectivity index (χ1) is 12.6. The van der Waals surface area contributed by atoms with Crippen LogP contribution in [0.5, 0.6) is 0 Å². The van der Waals surface area contributed by atoms with Gasteiger partial charge in [-0.1, -0.05) is 0 Å². The molecular formula is C19H25F2N5. The van der Waals surface area contributed by atoms with E-state index < -0.39 is 11.6 Å². The number of benzene rings is 1. The van der Waals surface area contributed by atoms with Crippen molar-refractivity contribution in [2.24, 2.45) is 15.7 Å². The Morgan fingerprint density at radius 3 is 2.73 bits per heavy atom. The van der Waals surface area contributed by atoms with E-state index in [9.17, 15) is 8.78 Å². The second-order valence-corrected chi connectivity index (χ2v) is 6.03. The van der Waals surface area contributed by atoms with Crippen LogP contribution in [0.25, 0.3) is 0 Å². The molecule has 0 unspecified atom stereocenters. The Bertz CT molecular complexity index is 691. The van der Waals surface area contributed by atoms with Crippen molar-refractivity contribution in [2.45, 2.75) is 25.7 Å². The van der Waals surface area contributed by atoms with Gasteiger partial charge in [-0.3, -0.25) is 9.98 Å². The minimum absolute atomic E-state index is 0.447. The lowest BCUT2D eigenvalue weighted by Gasteiger charge is -2.17. The van der Waals surface area contributed by atoms with Crippen molar-refractivity contribution in [3.05, 3.63) is 54.0 Å². The maximum atomic E-state index is 13.1. The number of nitrogens with one attached hydrogen (secondary N) is 1. The molecule has 0 radical (unpaired) electrons. The molecule has 0 bridgehead atoms. The van der Waals surface area contributed by atoms with Crippen LogP contribution in [0, 0.1) is 11.6 Å². The summed E-state index contributed by atoms with van der Waals surface area (Å²) in [6.45, 7) is 6.12. The van der Waals surface area contributed by atoms with Crippen LogP contribution in [0.1, 0.15) is 25.7 Å². The van der Waals surface area contributed by atoms with Gasteiger partial charge in [0.2, 0.25) is 0 Å². The molecule has 7 heteroatoms. The monoisotopic (exact) mass is 361 g/mol. The van der Waals surface area contributed by atoms with Gasteiger partial charge in [-0.05, 0) is 50.6 Å². The van der Waals surface area contributed by atoms with E-state index in [1.807, 2.05) is 6.08 Å². The van der Waals surface area contributed by atoms with Crippen molar-refractivity contribution in [2.75, 3.05) is 25.0 Å². The van der Waals surface area contributed by atoms with Crippen LogP contribution in [0.3, 0.4) is 0 Å². The SMILES string of the molecule is C=N/C=C\C(=NCCC/C(N)=C/Nc1ccc(F)c(F)c1)N1CCCC1. The van der Waals surface area contributed by atoms with Gasteiger partial charge in [-0.25, -0.2) is 8.78 Å². The third-order valence-corrected chi connectivity index (χ3v) is 4.00. The van der Waals surface area contributed by atoms with E-state index in [1.165, 1.54) is 18.9 Å². The Labute approximate surface area is 153 Å². The average molecular weight is 361 g/mol. The van der Waals surface area contributed by atoms with Crippen LogP contribution in [-0.2, 0) is 0 Å². The number of halogens is 2. The number of allylic oxidation sites excluding steroid dienone is 1. The third kappa shape index (κ3) is 6.31. The van der Waals surface area contributed by atoms with E-state index in [0.29, 0.717) is 24.4 Å². The van der Waals surface area contributed by atoms with Crippen molar-refractivity contribution in [3.63, 3.8) is 0 Å². The van der Waals surface area contributed by atoms with Gasteiger partial charge in [0.05, 0.1) is 0 Å². The average Bonchev–Trinajstić information content (AvgIpc) is 3.16. The third-order valence-electron chi connectivity index (χ3n) is 4.00. The zero-order chi connectivity index (χ0) is 18.8. The highest BCUT2D eigenvalue weighted by Gasteiger charge is 2.13. The van der Waals surface area contributed by atoms with Gasteiger partial charge in [0.1, 0.15) is 5.84 Å². The standard InChI is InChI=1S/C19H25F2N5/c1-23-10-8-19(26-11-2-3-12-26)24-9-4-5-15(22)14-25-16-6-7-17(20)18(21)13-16/h6-8,10,13-14,25H,1-5,9,11-12,22H2/b10-8-,15-14-,24-19?. The maximum absolute atomic E-state index is 13.1. The predicted octanol–water partition coefficient (Wildman–Crippen LogP) is 3.67. The van der Waals surface area contributed by atoms with Gasteiger partial charge in [0.15, 0.2) is 11.6 Å². The van der Waals surface area contributed by atoms with Crippen molar-refractivity contribution in [1.29, 1.82) is 0 Å². The molecule has 1 aromatic rings. The fraction of sp³-hybridized carbons (Fsp3) is 0.368. The molecule has 5 nitrogen and oxygen atoms in total. The Morgan fingerprint density at radius 2 is 2.04 bits per heavy atom. The Hall–Kier alpha value is -2.70. The normalized spacial score (nSPS) is 15.7. The zero-order valence-electron chi connectivity index (χ0n) is 14.8. The van der Waals surface area contributed by atoms with Gasteiger partial charge < -0.3 is 16.0 Å². The molecule has 1 fully saturated rings. The van der Waals surface area contributed by atoms with E-state index in [4.69, 9.17) is 5.73 Å². The van der Waals surface area contributed by atoms with Gasteiger partial charge in [0.25, 0.3) is 0 Å². The molecule has 0 saturated carbocycles. The van der Waals surface area contributed by atoms with Gasteiger partial charge >= 0.3 is 0 Å². The van der Waals surface area contributed by atoms with E-state index in [0.717, 1.165) is 37.5 Å². The maximum Gasteiger partial charge on any atom is 0.160 e. The summed E-state index contributed by atoms with van der Waals surface area (Å²) >= 11 is 0. The summed E-state index contributed by atoms with van der Waals surface area (Å²) in [5.74, 6) is -0.843. The minimum atomic E-state index is -0.896. The Morgan fingerprint density at radius 1 is 1.27 bits per heavy atom. The summed E-state index contributed by atoms with van der Waals surface area (Å²) < 4.78 is 26.0. The summed E-state index contributed by atoms with van der Waals surface area (Å²) in [5, 5.41) is 2.87. The fourth-order valence-corrected chi connectivity index (χ4v) is 2.63. The summed E-state index contributed by atoms with van der Waals surface area (Å²) in [4.78, 5) is 10.6. The number of anilines is 1. The van der Waals surface area contributed by atoms with E-state index in [2.05, 4.69) is 26.9 Å². The van der Waals surface area contributed by atoms with Crippen molar-refractivity contribution in [3.8, 4) is 0 Å². The van der Waals surface area contributed by atoms with Gasteiger partial charge in [0, 0.05) is 49.5 Å². The van der Waals surface area contributed by atoms with Crippen molar-refractivity contribution in [1.82, 2.24) is 4.90 Å². The molecule has 3 N–H and O–H groups in total. The largest absolute Gasteiger partial charge is 0.401 e. The lowest BCUT2D eigenvalue weighted by atomic mass is 10.2. The second kappa shape index (κ2) is 10.3. The molecule has 1 aliphatic heterocycles. The van der Waals surface area contributed by atoms with E-state index in [1.54, 1.807) is 12.4 Å². The molecule has 0 spiro atoms. The fourth-order valence-electron chi connectivity index (χ4n) is 2.63. The molecule has 0 aliphatic carbocycles. The van der Waals surface area contributed by atoms with Crippen LogP contribution in [0.15, 0.2) is 52.4 Å². The number of hydrogen-bond acceptors (Lipinski definition) is 4. The van der Waals surface area contributed by atoms with Crippen LogP contribution in [-0.4, -0.2) is 37.1 Å². The predicted molar refractivity (Wildman–Crippen MR) is 103 cm³/mol. The van der Waals surface area contributed by atoms with Crippen LogP contribution < -0.4 is 11.1 Å². The first-order valence-electron chi connectivity index (χ1n) is 8.68. The molecular weight excluding hydrogens is 336 g/mol. The van der Waals surface area contributed by atoms with Crippen LogP contribution >= 0.6 is 0 Å². The topological polar surface area (TPSA) is 66.0 Å². The highest BCUT2D eigenvalue weighted by molar-refractivity contribution is 5.93. The molecule has 2 rings (SSSR count). The number of nitrogens with two attached hydrogens (primary N) is 1. The first-order valence-corrected chi connectivity index (χ1v) is 8.68. The number of nitrogens with zero attached hydrogens (tertiary/aromatic N) is 3. The molecule has 1 aliphatic rings. The van der Waals surface area contributed by atoms with Crippen molar-refractivity contribution < 1.29 is 8.78 Å². The lowest BCUT2D eigenvalue weighted by Crippen LogP contribution is -2.26. The summed E-state index contributed by atoms with van der Waals surface area (Å²) in [5.41, 5.74) is 7.01. The second-order valence-electron chi connectivity index (χ2n) is 6.03. The highest BCUT2D eigenvalue weighted by atomic mass is 19.2. The van der Waals surface area contributed by atoms with E-state index >= 15 is 0 Å². The lowest BCUT2D eigenvalue weighted by molar-refractivity contribution is 0.509. The molecule has 1 saturated heterocycles. The molecule has 0 atom stereocenters. The smallest absolute Gasteiger partial charge is 0.160 e. The number of aliphatic imine (C=N–C) groups is 2. The molecule has 0 aromatic heterocycles. The molecule has 0 amide bonds. The zero-order valence-corrected chi connectivity index (χ0v) is 14.8. The molecule has 26 heavy (non-hydrogen) atoms. The Balaban J connectivity index is 1.81. The van der Waals surface area contributed by atoms with E-state index in [-0.39, 0.29) is 0 Å². The summed E-state index contributed by atoms with van der Waals surface area (Å²) in [6.07, 6.45) is 8.92. The highest BCUT2D eigenvalue weighted by Crippen LogP contribution is 2.14. The number of likely N-dealkylation sites (tertiary alicyclic amines) is 1. The number of amidine groups is 1. The van der Waals surface area contributed by atoms with Crippen LogP contribution in [0.2, 0.25) is 0 Å². The van der Waals surface area contributed by atoms with Crippen molar-refractivity contribution >= 4 is 18.2 Å². The summed E-state index contributed by atoms with van der Waals surface area (Å²) in [7, 11) is 0. The number of rotatable bonds is 8. The minimum Gasteiger partial charge on any atom is -0.401 e. The quantitative estimate of drug-likeness (QED) is 0.422.